The van der Waals surface area contributed by atoms with E-state index >= 15 is 0 Å². The maximum Gasteiger partial charge on any atom is 0.305 e. The van der Waals surface area contributed by atoms with Crippen LogP contribution in [0.25, 0.3) is 10.9 Å². The van der Waals surface area contributed by atoms with Crippen LogP contribution in [0.2, 0.25) is 0 Å². The van der Waals surface area contributed by atoms with Crippen LogP contribution in [-0.4, -0.2) is 24.0 Å². The van der Waals surface area contributed by atoms with E-state index in [0.717, 1.165) is 0 Å². The Morgan fingerprint density at radius 1 is 1.32 bits per heavy atom. The number of fused-ring (bicyclic) bond motifs is 1. The fourth-order valence-electron chi connectivity index (χ4n) is 2.21. The standard InChI is InChI=1S/C16H17FN2O3/c1-10(20)18-14(7-8-16(21)22-2)15-5-3-11-9-12(17)4-6-13(11)19-15/h3-6,9,14H,7-8H2,1-2H3,(H,18,20)/t14-/m0/s1. The van der Waals surface area contributed by atoms with Crippen molar-refractivity contribution in [2.24, 2.45) is 0 Å². The largest absolute Gasteiger partial charge is 0.469 e. The van der Waals surface area contributed by atoms with Crippen molar-refractivity contribution in [1.29, 1.82) is 0 Å². The summed E-state index contributed by atoms with van der Waals surface area (Å²) < 4.78 is 17.8. The molecule has 0 aliphatic heterocycles. The number of hydrogen-bond acceptors (Lipinski definition) is 4. The van der Waals surface area contributed by atoms with Crippen LogP contribution in [0.15, 0.2) is 30.3 Å². The lowest BCUT2D eigenvalue weighted by molar-refractivity contribution is -0.141. The van der Waals surface area contributed by atoms with Gasteiger partial charge in [0.1, 0.15) is 5.82 Å². The minimum atomic E-state index is -0.397. The van der Waals surface area contributed by atoms with Crippen molar-refractivity contribution < 1.29 is 18.7 Å². The van der Waals surface area contributed by atoms with E-state index in [-0.39, 0.29) is 24.1 Å². The number of nitrogens with one attached hydrogen (secondary N) is 1. The first-order valence-electron chi connectivity index (χ1n) is 6.89. The Hall–Kier alpha value is -2.50. The molecule has 0 aliphatic rings. The zero-order valence-corrected chi connectivity index (χ0v) is 12.4. The summed E-state index contributed by atoms with van der Waals surface area (Å²) in [5.41, 5.74) is 1.26. The van der Waals surface area contributed by atoms with Crippen molar-refractivity contribution in [2.45, 2.75) is 25.8 Å². The van der Waals surface area contributed by atoms with Crippen molar-refractivity contribution in [2.75, 3.05) is 7.11 Å². The van der Waals surface area contributed by atoms with Gasteiger partial charge in [0, 0.05) is 18.7 Å². The number of halogens is 1. The van der Waals surface area contributed by atoms with E-state index in [1.807, 2.05) is 0 Å². The van der Waals surface area contributed by atoms with Crippen LogP contribution in [0, 0.1) is 5.82 Å². The Labute approximate surface area is 127 Å². The minimum Gasteiger partial charge on any atom is -0.469 e. The van der Waals surface area contributed by atoms with Crippen LogP contribution in [0.3, 0.4) is 0 Å². The molecule has 0 fully saturated rings. The molecule has 2 aromatic rings. The van der Waals surface area contributed by atoms with E-state index in [0.29, 0.717) is 23.0 Å². The van der Waals surface area contributed by atoms with Gasteiger partial charge in [0.2, 0.25) is 5.91 Å². The molecule has 1 N–H and O–H groups in total. The number of hydrogen-bond donors (Lipinski definition) is 1. The number of benzene rings is 1. The second-order valence-corrected chi connectivity index (χ2v) is 4.94. The molecular formula is C16H17FN2O3. The van der Waals surface area contributed by atoms with Crippen LogP contribution in [0.4, 0.5) is 4.39 Å². The molecule has 6 heteroatoms. The van der Waals surface area contributed by atoms with Crippen LogP contribution < -0.4 is 5.32 Å². The lowest BCUT2D eigenvalue weighted by atomic mass is 10.1. The van der Waals surface area contributed by atoms with Gasteiger partial charge in [-0.15, -0.1) is 0 Å². The molecule has 1 aromatic heterocycles. The number of rotatable bonds is 5. The minimum absolute atomic E-state index is 0.171. The summed E-state index contributed by atoms with van der Waals surface area (Å²) in [6.45, 7) is 1.40. The molecule has 0 bridgehead atoms. The smallest absolute Gasteiger partial charge is 0.305 e. The third-order valence-electron chi connectivity index (χ3n) is 3.27. The molecule has 0 unspecified atom stereocenters. The normalized spacial score (nSPS) is 12.0. The van der Waals surface area contributed by atoms with Crippen molar-refractivity contribution >= 4 is 22.8 Å². The number of esters is 1. The van der Waals surface area contributed by atoms with Crippen LogP contribution in [0.5, 0.6) is 0 Å². The Balaban J connectivity index is 2.27. The highest BCUT2D eigenvalue weighted by atomic mass is 19.1. The Morgan fingerprint density at radius 3 is 2.77 bits per heavy atom. The molecule has 5 nitrogen and oxygen atoms in total. The van der Waals surface area contributed by atoms with Gasteiger partial charge in [0.15, 0.2) is 0 Å². The maximum absolute atomic E-state index is 13.2. The lowest BCUT2D eigenvalue weighted by Crippen LogP contribution is -2.27. The number of carbonyl (C=O) groups is 2. The summed E-state index contributed by atoms with van der Waals surface area (Å²) in [7, 11) is 1.32. The van der Waals surface area contributed by atoms with Crippen LogP contribution in [-0.2, 0) is 14.3 Å². The zero-order chi connectivity index (χ0) is 16.1. The zero-order valence-electron chi connectivity index (χ0n) is 12.4. The summed E-state index contributed by atoms with van der Waals surface area (Å²) in [5, 5.41) is 3.45. The molecule has 0 aliphatic carbocycles. The first kappa shape index (κ1) is 15.9. The molecule has 22 heavy (non-hydrogen) atoms. The summed E-state index contributed by atoms with van der Waals surface area (Å²) in [6, 6.07) is 7.38. The molecular weight excluding hydrogens is 287 g/mol. The highest BCUT2D eigenvalue weighted by Crippen LogP contribution is 2.21. The molecule has 2 rings (SSSR count). The number of methoxy groups -OCH3 is 1. The van der Waals surface area contributed by atoms with Gasteiger partial charge in [-0.1, -0.05) is 6.07 Å². The number of nitrogens with zero attached hydrogens (tertiary/aromatic N) is 1. The summed E-state index contributed by atoms with van der Waals surface area (Å²) >= 11 is 0. The first-order valence-corrected chi connectivity index (χ1v) is 6.89. The average Bonchev–Trinajstić information content (AvgIpc) is 2.50. The Bertz CT molecular complexity index is 703. The maximum atomic E-state index is 13.2. The molecule has 1 aromatic carbocycles. The molecule has 0 spiro atoms. The van der Waals surface area contributed by atoms with E-state index in [9.17, 15) is 14.0 Å². The monoisotopic (exact) mass is 304 g/mol. The molecule has 0 saturated carbocycles. The fraction of sp³-hybridized carbons (Fsp3) is 0.312. The second kappa shape index (κ2) is 6.98. The first-order chi connectivity index (χ1) is 10.5. The second-order valence-electron chi connectivity index (χ2n) is 4.94. The molecule has 1 heterocycles. The van der Waals surface area contributed by atoms with Gasteiger partial charge >= 0.3 is 5.97 Å². The lowest BCUT2D eigenvalue weighted by Gasteiger charge is -2.17. The van der Waals surface area contributed by atoms with Crippen molar-refractivity contribution in [3.05, 3.63) is 41.8 Å². The van der Waals surface area contributed by atoms with Crippen LogP contribution in [0.1, 0.15) is 31.5 Å². The predicted molar refractivity (Wildman–Crippen MR) is 79.5 cm³/mol. The molecule has 1 atom stereocenters. The molecule has 116 valence electrons. The van der Waals surface area contributed by atoms with Gasteiger partial charge in [0.25, 0.3) is 0 Å². The van der Waals surface area contributed by atoms with Gasteiger partial charge in [-0.2, -0.15) is 0 Å². The highest BCUT2D eigenvalue weighted by Gasteiger charge is 2.16. The SMILES string of the molecule is COC(=O)CC[C@H](NC(C)=O)c1ccc2cc(F)ccc2n1. The molecule has 1 amide bonds. The molecule has 0 radical (unpaired) electrons. The number of pyridine rings is 1. The molecule has 0 saturated heterocycles. The third-order valence-corrected chi connectivity index (χ3v) is 3.27. The number of amides is 1. The topological polar surface area (TPSA) is 68.3 Å². The summed E-state index contributed by atoms with van der Waals surface area (Å²) in [5.74, 6) is -0.889. The number of carbonyl (C=O) groups excluding carboxylic acids is 2. The quantitative estimate of drug-likeness (QED) is 0.862. The van der Waals surface area contributed by atoms with Gasteiger partial charge < -0.3 is 10.1 Å². The van der Waals surface area contributed by atoms with Gasteiger partial charge in [-0.3, -0.25) is 14.6 Å². The van der Waals surface area contributed by atoms with E-state index in [2.05, 4.69) is 15.0 Å². The predicted octanol–water partition coefficient (Wildman–Crippen LogP) is 2.50. The highest BCUT2D eigenvalue weighted by molar-refractivity contribution is 5.79. The fourth-order valence-corrected chi connectivity index (χ4v) is 2.21. The van der Waals surface area contributed by atoms with Crippen LogP contribution >= 0.6 is 0 Å². The average molecular weight is 304 g/mol. The van der Waals surface area contributed by atoms with E-state index in [1.54, 1.807) is 18.2 Å². The summed E-state index contributed by atoms with van der Waals surface area (Å²) in [4.78, 5) is 27.1. The number of ether oxygens (including phenoxy) is 1. The van der Waals surface area contributed by atoms with E-state index in [4.69, 9.17) is 0 Å². The summed E-state index contributed by atoms with van der Waals surface area (Å²) in [6.07, 6.45) is 0.552. The van der Waals surface area contributed by atoms with Gasteiger partial charge in [0.05, 0.1) is 24.4 Å². The van der Waals surface area contributed by atoms with Gasteiger partial charge in [-0.05, 0) is 30.7 Å². The third kappa shape index (κ3) is 4.00. The Morgan fingerprint density at radius 2 is 2.09 bits per heavy atom. The van der Waals surface area contributed by atoms with E-state index in [1.165, 1.54) is 26.2 Å². The van der Waals surface area contributed by atoms with Crippen molar-refractivity contribution in [3.8, 4) is 0 Å². The van der Waals surface area contributed by atoms with E-state index < -0.39 is 6.04 Å². The van der Waals surface area contributed by atoms with Crippen molar-refractivity contribution in [1.82, 2.24) is 10.3 Å². The van der Waals surface area contributed by atoms with Gasteiger partial charge in [-0.25, -0.2) is 4.39 Å². The van der Waals surface area contributed by atoms with Crippen molar-refractivity contribution in [3.63, 3.8) is 0 Å². The number of aromatic nitrogens is 1. The Kier molecular flexibility index (Phi) is 5.04.